The van der Waals surface area contributed by atoms with E-state index < -0.39 is 0 Å². The van der Waals surface area contributed by atoms with Gasteiger partial charge >= 0.3 is 5.97 Å². The van der Waals surface area contributed by atoms with E-state index in [0.717, 1.165) is 32.5 Å². The van der Waals surface area contributed by atoms with Gasteiger partial charge in [-0.2, -0.15) is 0 Å². The number of carbonyl (C=O) groups is 1. The minimum absolute atomic E-state index is 0.0414. The van der Waals surface area contributed by atoms with Gasteiger partial charge in [-0.3, -0.25) is 9.69 Å². The molecule has 0 bridgehead atoms. The molecule has 2 aliphatic rings. The molecule has 2 rings (SSSR count). The fraction of sp³-hybridized carbons (Fsp3) is 0.933. The van der Waals surface area contributed by atoms with Crippen molar-refractivity contribution in [2.45, 2.75) is 57.4 Å². The van der Waals surface area contributed by atoms with Gasteiger partial charge in [0.05, 0.1) is 13.2 Å². The Balaban J connectivity index is 1.86. The Morgan fingerprint density at radius 1 is 1.32 bits per heavy atom. The Kier molecular flexibility index (Phi) is 5.64. The lowest BCUT2D eigenvalue weighted by Gasteiger charge is -2.49. The second-order valence-corrected chi connectivity index (χ2v) is 5.96. The number of hydrogen-bond acceptors (Lipinski definition) is 4. The van der Waals surface area contributed by atoms with Crippen LogP contribution in [0, 0.1) is 0 Å². The van der Waals surface area contributed by atoms with Crippen LogP contribution >= 0.6 is 0 Å². The summed E-state index contributed by atoms with van der Waals surface area (Å²) in [5, 5.41) is 3.51. The summed E-state index contributed by atoms with van der Waals surface area (Å²) >= 11 is 0. The summed E-state index contributed by atoms with van der Waals surface area (Å²) < 4.78 is 5.32. The maximum Gasteiger partial charge on any atom is 0.320 e. The first kappa shape index (κ1) is 14.8. The van der Waals surface area contributed by atoms with Crippen LogP contribution in [0.3, 0.4) is 0 Å². The van der Waals surface area contributed by atoms with E-state index in [1.807, 2.05) is 0 Å². The maximum atomic E-state index is 11.9. The van der Waals surface area contributed by atoms with Gasteiger partial charge in [-0.1, -0.05) is 32.6 Å². The van der Waals surface area contributed by atoms with Crippen LogP contribution in [0.5, 0.6) is 0 Å². The van der Waals surface area contributed by atoms with Gasteiger partial charge in [0.25, 0.3) is 0 Å². The van der Waals surface area contributed by atoms with Gasteiger partial charge in [-0.05, 0) is 19.3 Å². The third-order valence-corrected chi connectivity index (χ3v) is 4.55. The highest BCUT2D eigenvalue weighted by atomic mass is 16.5. The molecule has 1 saturated heterocycles. The highest BCUT2D eigenvalue weighted by molar-refractivity contribution is 5.71. The van der Waals surface area contributed by atoms with Gasteiger partial charge in [-0.15, -0.1) is 0 Å². The summed E-state index contributed by atoms with van der Waals surface area (Å²) in [6.07, 6.45) is 8.43. The number of nitrogens with zero attached hydrogens (tertiary/aromatic N) is 1. The largest absolute Gasteiger partial charge is 0.465 e. The molecule has 4 heteroatoms. The number of piperazine rings is 1. The van der Waals surface area contributed by atoms with Crippen molar-refractivity contribution in [1.82, 2.24) is 10.2 Å². The van der Waals surface area contributed by atoms with Crippen molar-refractivity contribution in [2.75, 3.05) is 32.8 Å². The molecule has 1 spiro atoms. The van der Waals surface area contributed by atoms with Crippen molar-refractivity contribution in [3.63, 3.8) is 0 Å². The van der Waals surface area contributed by atoms with Crippen LogP contribution in [0.25, 0.3) is 0 Å². The number of hydrogen-bond donors (Lipinski definition) is 1. The molecular formula is C15H28N2O2. The highest BCUT2D eigenvalue weighted by Crippen LogP contribution is 2.34. The number of ether oxygens (including phenoxy) is 1. The van der Waals surface area contributed by atoms with Gasteiger partial charge < -0.3 is 10.1 Å². The zero-order chi connectivity index (χ0) is 13.6. The molecule has 4 nitrogen and oxygen atoms in total. The summed E-state index contributed by atoms with van der Waals surface area (Å²) in [6, 6.07) is 0. The molecule has 0 amide bonds. The second-order valence-electron chi connectivity index (χ2n) is 5.96. The molecule has 1 aliphatic carbocycles. The Hall–Kier alpha value is -0.610. The fourth-order valence-electron chi connectivity index (χ4n) is 3.37. The topological polar surface area (TPSA) is 41.6 Å². The third kappa shape index (κ3) is 3.93. The average Bonchev–Trinajstić information content (AvgIpc) is 2.43. The predicted octanol–water partition coefficient (Wildman–Crippen LogP) is 1.94. The van der Waals surface area contributed by atoms with E-state index in [1.54, 1.807) is 0 Å². The van der Waals surface area contributed by atoms with Crippen LogP contribution in [-0.2, 0) is 9.53 Å². The molecule has 19 heavy (non-hydrogen) atoms. The lowest BCUT2D eigenvalue weighted by molar-refractivity contribution is -0.148. The molecular weight excluding hydrogens is 240 g/mol. The lowest BCUT2D eigenvalue weighted by atomic mass is 9.79. The van der Waals surface area contributed by atoms with Gasteiger partial charge in [0.2, 0.25) is 0 Å². The highest BCUT2D eigenvalue weighted by Gasteiger charge is 2.40. The van der Waals surface area contributed by atoms with E-state index in [1.165, 1.54) is 32.1 Å². The maximum absolute atomic E-state index is 11.9. The van der Waals surface area contributed by atoms with Crippen LogP contribution < -0.4 is 5.32 Å². The smallest absolute Gasteiger partial charge is 0.320 e. The van der Waals surface area contributed by atoms with Gasteiger partial charge in [-0.25, -0.2) is 0 Å². The summed E-state index contributed by atoms with van der Waals surface area (Å²) in [7, 11) is 0. The van der Waals surface area contributed by atoms with Gasteiger partial charge in [0.1, 0.15) is 0 Å². The zero-order valence-corrected chi connectivity index (χ0v) is 12.2. The normalized spacial score (nSPS) is 23.4. The van der Waals surface area contributed by atoms with E-state index in [-0.39, 0.29) is 11.5 Å². The van der Waals surface area contributed by atoms with Crippen LogP contribution in [0.15, 0.2) is 0 Å². The quantitative estimate of drug-likeness (QED) is 0.611. The molecule has 0 aromatic heterocycles. The average molecular weight is 268 g/mol. The second kappa shape index (κ2) is 7.25. The number of esters is 1. The molecule has 0 aromatic rings. The van der Waals surface area contributed by atoms with Crippen molar-refractivity contribution in [1.29, 1.82) is 0 Å². The minimum Gasteiger partial charge on any atom is -0.465 e. The van der Waals surface area contributed by atoms with Crippen LogP contribution in [0.1, 0.15) is 51.9 Å². The van der Waals surface area contributed by atoms with Crippen LogP contribution in [0.4, 0.5) is 0 Å². The third-order valence-electron chi connectivity index (χ3n) is 4.55. The first-order chi connectivity index (χ1) is 9.27. The van der Waals surface area contributed by atoms with Crippen molar-refractivity contribution >= 4 is 5.97 Å². The number of nitrogens with one attached hydrogen (secondary N) is 1. The molecule has 0 atom stereocenters. The van der Waals surface area contributed by atoms with Crippen LogP contribution in [-0.4, -0.2) is 49.2 Å². The van der Waals surface area contributed by atoms with Crippen molar-refractivity contribution in [3.05, 3.63) is 0 Å². The van der Waals surface area contributed by atoms with E-state index in [9.17, 15) is 4.79 Å². The first-order valence-electron chi connectivity index (χ1n) is 7.88. The van der Waals surface area contributed by atoms with Crippen molar-refractivity contribution in [3.8, 4) is 0 Å². The Bertz CT molecular complexity index is 280. The first-order valence-corrected chi connectivity index (χ1v) is 7.88. The molecule has 0 unspecified atom stereocenters. The van der Waals surface area contributed by atoms with E-state index in [4.69, 9.17) is 4.74 Å². The van der Waals surface area contributed by atoms with Gasteiger partial charge in [0, 0.05) is 25.2 Å². The number of rotatable bonds is 5. The monoisotopic (exact) mass is 268 g/mol. The fourth-order valence-corrected chi connectivity index (χ4v) is 3.37. The standard InChI is InChI=1S/C15H28N2O2/c1-2-3-11-19-14(18)12-17-10-9-16-13-15(17)7-5-4-6-8-15/h16H,2-13H2,1H3. The summed E-state index contributed by atoms with van der Waals surface area (Å²) in [4.78, 5) is 14.3. The Morgan fingerprint density at radius 3 is 2.84 bits per heavy atom. The van der Waals surface area contributed by atoms with Crippen molar-refractivity contribution in [2.24, 2.45) is 0 Å². The molecule has 0 aromatic carbocycles. The van der Waals surface area contributed by atoms with Gasteiger partial charge in [0.15, 0.2) is 0 Å². The van der Waals surface area contributed by atoms with E-state index in [0.29, 0.717) is 13.2 Å². The Morgan fingerprint density at radius 2 is 2.11 bits per heavy atom. The molecule has 1 heterocycles. The lowest BCUT2D eigenvalue weighted by Crippen LogP contribution is -2.63. The van der Waals surface area contributed by atoms with Crippen LogP contribution in [0.2, 0.25) is 0 Å². The summed E-state index contributed by atoms with van der Waals surface area (Å²) in [5.74, 6) is -0.0414. The SMILES string of the molecule is CCCCOC(=O)CN1CCNCC12CCCCC2. The molecule has 1 saturated carbocycles. The number of unbranched alkanes of at least 4 members (excludes halogenated alkanes) is 1. The minimum atomic E-state index is -0.0414. The number of carbonyl (C=O) groups excluding carboxylic acids is 1. The molecule has 1 aliphatic heterocycles. The zero-order valence-electron chi connectivity index (χ0n) is 12.2. The Labute approximate surface area is 116 Å². The summed E-state index contributed by atoms with van der Waals surface area (Å²) in [5.41, 5.74) is 0.222. The van der Waals surface area contributed by atoms with E-state index in [2.05, 4.69) is 17.1 Å². The molecule has 1 N–H and O–H groups in total. The summed E-state index contributed by atoms with van der Waals surface area (Å²) in [6.45, 7) is 6.17. The molecule has 2 fully saturated rings. The molecule has 110 valence electrons. The molecule has 0 radical (unpaired) electrons. The van der Waals surface area contributed by atoms with E-state index >= 15 is 0 Å². The van der Waals surface area contributed by atoms with Crippen molar-refractivity contribution < 1.29 is 9.53 Å². The predicted molar refractivity (Wildman–Crippen MR) is 76.1 cm³/mol.